The van der Waals surface area contributed by atoms with Gasteiger partial charge in [-0.1, -0.05) is 149 Å². The molecule has 0 fully saturated rings. The van der Waals surface area contributed by atoms with Gasteiger partial charge >= 0.3 is 0 Å². The minimum atomic E-state index is 1.03. The quantitative estimate of drug-likeness (QED) is 0.130. The largest absolute Gasteiger partial charge is 0.340 e. The van der Waals surface area contributed by atoms with Gasteiger partial charge in [-0.25, -0.2) is 0 Å². The van der Waals surface area contributed by atoms with Crippen LogP contribution in [0, 0.1) is 0 Å². The van der Waals surface area contributed by atoms with Crippen LogP contribution in [0.1, 0.15) is 65.2 Å². The van der Waals surface area contributed by atoms with Gasteiger partial charge in [-0.15, -0.1) is 0 Å². The summed E-state index contributed by atoms with van der Waals surface area (Å²) in [7, 11) is 0. The smallest absolute Gasteiger partial charge is 0.0553 e. The zero-order chi connectivity index (χ0) is 35.0. The van der Waals surface area contributed by atoms with Crippen molar-refractivity contribution in [1.29, 1.82) is 0 Å². The van der Waals surface area contributed by atoms with Crippen molar-refractivity contribution < 1.29 is 0 Å². The van der Waals surface area contributed by atoms with Crippen LogP contribution in [0.5, 0.6) is 0 Å². The summed E-state index contributed by atoms with van der Waals surface area (Å²) in [6.07, 6.45) is 9.98. The van der Waals surface area contributed by atoms with Gasteiger partial charge in [-0.3, -0.25) is 0 Å². The van der Waals surface area contributed by atoms with E-state index in [9.17, 15) is 0 Å². The molecule has 4 heteroatoms. The summed E-state index contributed by atoms with van der Waals surface area (Å²) >= 11 is 3.86. The normalized spacial score (nSPS) is 13.3. The maximum atomic E-state index is 2.59. The molecule has 8 bridgehead atoms. The molecule has 0 saturated carbocycles. The monoisotopic (exact) mass is 714 g/mol. The summed E-state index contributed by atoms with van der Waals surface area (Å²) in [6, 6.07) is 46.8. The number of hydrogen-bond acceptors (Lipinski definition) is 4. The van der Waals surface area contributed by atoms with E-state index in [0.717, 1.165) is 13.1 Å². The Hall–Kier alpha value is -4.38. The number of benzene rings is 6. The highest BCUT2D eigenvalue weighted by Gasteiger charge is 2.27. The molecule has 260 valence electrons. The van der Waals surface area contributed by atoms with E-state index in [1.807, 2.05) is 23.5 Å². The molecule has 0 aromatic heterocycles. The Balaban J connectivity index is 1.25. The molecule has 2 nitrogen and oxygen atoms in total. The van der Waals surface area contributed by atoms with E-state index < -0.39 is 0 Å². The highest BCUT2D eigenvalue weighted by molar-refractivity contribution is 8.00. The van der Waals surface area contributed by atoms with Gasteiger partial charge in [-0.2, -0.15) is 0 Å². The van der Waals surface area contributed by atoms with Crippen molar-refractivity contribution in [2.24, 2.45) is 0 Å². The average molecular weight is 715 g/mol. The van der Waals surface area contributed by atoms with Gasteiger partial charge in [0.15, 0.2) is 0 Å². The third-order valence-corrected chi connectivity index (χ3v) is 13.2. The van der Waals surface area contributed by atoms with E-state index in [1.165, 1.54) is 138 Å². The lowest BCUT2D eigenvalue weighted by Crippen LogP contribution is -2.22. The van der Waals surface area contributed by atoms with Crippen molar-refractivity contribution in [3.63, 3.8) is 0 Å². The Morgan fingerprint density at radius 3 is 0.962 bits per heavy atom. The lowest BCUT2D eigenvalue weighted by molar-refractivity contribution is 0.666. The van der Waals surface area contributed by atoms with Crippen LogP contribution < -0.4 is 9.80 Å². The zero-order valence-corrected chi connectivity index (χ0v) is 32.0. The van der Waals surface area contributed by atoms with Crippen molar-refractivity contribution in [2.45, 2.75) is 84.8 Å². The van der Waals surface area contributed by atoms with Gasteiger partial charge in [0.05, 0.1) is 22.7 Å². The lowest BCUT2D eigenvalue weighted by Gasteiger charge is -2.34. The zero-order valence-electron chi connectivity index (χ0n) is 30.3. The average Bonchev–Trinajstić information content (AvgIpc) is 3.19. The topological polar surface area (TPSA) is 6.48 Å². The molecule has 0 unspecified atom stereocenters. The molecule has 0 radical (unpaired) electrons. The van der Waals surface area contributed by atoms with Gasteiger partial charge in [-0.05, 0) is 106 Å². The maximum Gasteiger partial charge on any atom is 0.0553 e. The first kappa shape index (κ1) is 33.5. The van der Waals surface area contributed by atoms with E-state index in [2.05, 4.69) is 145 Å². The molecule has 3 aliphatic rings. The number of anilines is 4. The standard InChI is InChI=1S/C48H46N2S2/c1-3-5-7-13-27-49-41-23-19-33-29-45(41)51-46-30-34(20-24-42(46)49)38-16-10-12-18-40(38)36-22-26-44-48(32-36)52-47-31-35(39-17-11-9-15-37(33)39)21-25-43(47)50(44)28-14-8-6-4-2/h9-12,15-26,29-32H,3-8,13-14,27-28H2,1-2H3. The van der Waals surface area contributed by atoms with Crippen molar-refractivity contribution in [1.82, 2.24) is 0 Å². The molecule has 0 atom stereocenters. The summed E-state index contributed by atoms with van der Waals surface area (Å²) in [4.78, 5) is 10.5. The van der Waals surface area contributed by atoms with E-state index in [1.54, 1.807) is 0 Å². The van der Waals surface area contributed by atoms with Gasteiger partial charge < -0.3 is 9.80 Å². The maximum absolute atomic E-state index is 2.59. The Labute approximate surface area is 318 Å². The van der Waals surface area contributed by atoms with Crippen LogP contribution in [0.15, 0.2) is 141 Å². The van der Waals surface area contributed by atoms with E-state index in [0.29, 0.717) is 0 Å². The molecule has 52 heavy (non-hydrogen) atoms. The minimum absolute atomic E-state index is 1.03. The molecule has 3 heterocycles. The molecule has 9 rings (SSSR count). The minimum Gasteiger partial charge on any atom is -0.340 e. The SMILES string of the molecule is CCCCCCN1c2ccc3cc2Sc2cc(ccc21)-c1ccccc1-c1ccc2c(c1)Sc1cc(ccc1N2CCCCCC)-c1ccccc1-3. The number of nitrogens with zero attached hydrogens (tertiary/aromatic N) is 2. The highest BCUT2D eigenvalue weighted by Crippen LogP contribution is 2.54. The van der Waals surface area contributed by atoms with Crippen LogP contribution in [-0.2, 0) is 0 Å². The predicted molar refractivity (Wildman–Crippen MR) is 225 cm³/mol. The fraction of sp³-hybridized carbons (Fsp3) is 0.250. The molecule has 3 aliphatic heterocycles. The first-order valence-electron chi connectivity index (χ1n) is 19.4. The van der Waals surface area contributed by atoms with E-state index in [4.69, 9.17) is 0 Å². The Morgan fingerprint density at radius 2 is 0.673 bits per heavy atom. The second kappa shape index (κ2) is 14.6. The molecule has 6 aromatic rings. The van der Waals surface area contributed by atoms with Crippen LogP contribution in [0.4, 0.5) is 22.7 Å². The van der Waals surface area contributed by atoms with Gasteiger partial charge in [0.25, 0.3) is 0 Å². The van der Waals surface area contributed by atoms with Crippen LogP contribution >= 0.6 is 23.5 Å². The third-order valence-electron chi connectivity index (χ3n) is 11.0. The van der Waals surface area contributed by atoms with Crippen LogP contribution in [0.3, 0.4) is 0 Å². The number of unbranched alkanes of at least 4 members (excludes halogenated alkanes) is 6. The van der Waals surface area contributed by atoms with Crippen molar-refractivity contribution in [2.75, 3.05) is 22.9 Å². The Morgan fingerprint density at radius 1 is 0.365 bits per heavy atom. The predicted octanol–water partition coefficient (Wildman–Crippen LogP) is 15.0. The fourth-order valence-electron chi connectivity index (χ4n) is 8.29. The second-order valence-corrected chi connectivity index (χ2v) is 16.6. The van der Waals surface area contributed by atoms with Gasteiger partial charge in [0, 0.05) is 32.7 Å². The van der Waals surface area contributed by atoms with Gasteiger partial charge in [0.2, 0.25) is 0 Å². The van der Waals surface area contributed by atoms with Crippen molar-refractivity contribution in [3.8, 4) is 44.5 Å². The Kier molecular flexibility index (Phi) is 9.37. The first-order valence-corrected chi connectivity index (χ1v) is 21.0. The Bertz CT molecular complexity index is 1970. The summed E-state index contributed by atoms with van der Waals surface area (Å²) in [5.74, 6) is 0. The van der Waals surface area contributed by atoms with Gasteiger partial charge in [0.1, 0.15) is 0 Å². The first-order chi connectivity index (χ1) is 25.7. The molecule has 0 saturated heterocycles. The highest BCUT2D eigenvalue weighted by atomic mass is 32.2. The lowest BCUT2D eigenvalue weighted by atomic mass is 9.93. The number of fused-ring (bicyclic) bond motifs is 10. The summed E-state index contributed by atoms with van der Waals surface area (Å²) in [6.45, 7) is 6.65. The second-order valence-electron chi connectivity index (χ2n) is 14.4. The molecule has 0 spiro atoms. The number of hydrogen-bond donors (Lipinski definition) is 0. The molecule has 0 aliphatic carbocycles. The van der Waals surface area contributed by atoms with Crippen molar-refractivity contribution in [3.05, 3.63) is 121 Å². The van der Waals surface area contributed by atoms with Crippen molar-refractivity contribution >= 4 is 46.3 Å². The van der Waals surface area contributed by atoms with Crippen LogP contribution in [0.2, 0.25) is 0 Å². The fourth-order valence-corrected chi connectivity index (χ4v) is 10.6. The summed E-state index contributed by atoms with van der Waals surface area (Å²) in [5, 5.41) is 0. The van der Waals surface area contributed by atoms with E-state index >= 15 is 0 Å². The molecule has 0 N–H and O–H groups in total. The van der Waals surface area contributed by atoms with Crippen LogP contribution in [0.25, 0.3) is 44.5 Å². The molecular formula is C48H46N2S2. The number of rotatable bonds is 10. The molecule has 0 amide bonds. The van der Waals surface area contributed by atoms with E-state index in [-0.39, 0.29) is 0 Å². The summed E-state index contributed by atoms with van der Waals surface area (Å²) in [5.41, 5.74) is 15.6. The molecular weight excluding hydrogens is 669 g/mol. The third kappa shape index (κ3) is 6.14. The summed E-state index contributed by atoms with van der Waals surface area (Å²) < 4.78 is 0. The van der Waals surface area contributed by atoms with Crippen LogP contribution in [-0.4, -0.2) is 13.1 Å². The molecule has 6 aromatic carbocycles.